The largest absolute Gasteiger partial charge is 0.337 e. The number of rotatable bonds is 2. The van der Waals surface area contributed by atoms with Crippen LogP contribution < -0.4 is 5.14 Å². The number of sulfonamides is 1. The van der Waals surface area contributed by atoms with Gasteiger partial charge in [0.2, 0.25) is 10.0 Å². The molecule has 1 aromatic heterocycles. The highest BCUT2D eigenvalue weighted by atomic mass is 35.5. The number of halogens is 3. The number of aromatic amines is 1. The van der Waals surface area contributed by atoms with Crippen LogP contribution in [-0.4, -0.2) is 18.4 Å². The predicted molar refractivity (Wildman–Crippen MR) is 57.4 cm³/mol. The second kappa shape index (κ2) is 3.90. The number of nitrogens with one attached hydrogen (secondary N) is 1. The highest BCUT2D eigenvalue weighted by Crippen LogP contribution is 2.27. The highest BCUT2D eigenvalue weighted by Gasteiger charge is 2.18. The SMILES string of the molecule is NS(=O)(=O)c1cc2[nH]c(C(F)F)nc2cc1Cl. The first-order chi connectivity index (χ1) is 7.79. The topological polar surface area (TPSA) is 88.8 Å². The third-order valence-corrected chi connectivity index (χ3v) is 3.44. The lowest BCUT2D eigenvalue weighted by atomic mass is 10.3. The third kappa shape index (κ3) is 2.24. The third-order valence-electron chi connectivity index (χ3n) is 2.07. The summed E-state index contributed by atoms with van der Waals surface area (Å²) in [7, 11) is -4.00. The molecular weight excluding hydrogens is 276 g/mol. The van der Waals surface area contributed by atoms with Gasteiger partial charge in [-0.25, -0.2) is 27.3 Å². The Labute approximate surface area is 99.6 Å². The lowest BCUT2D eigenvalue weighted by Crippen LogP contribution is -2.12. The fourth-order valence-corrected chi connectivity index (χ4v) is 2.45. The van der Waals surface area contributed by atoms with Gasteiger partial charge in [0, 0.05) is 0 Å². The van der Waals surface area contributed by atoms with Crippen molar-refractivity contribution in [2.45, 2.75) is 11.3 Å². The molecule has 2 rings (SSSR count). The molecule has 9 heteroatoms. The number of nitrogens with zero attached hydrogens (tertiary/aromatic N) is 1. The van der Waals surface area contributed by atoms with Gasteiger partial charge < -0.3 is 4.98 Å². The minimum absolute atomic E-state index is 0.133. The number of imidazole rings is 1. The molecule has 0 saturated carbocycles. The van der Waals surface area contributed by atoms with Crippen molar-refractivity contribution in [3.63, 3.8) is 0 Å². The second-order valence-electron chi connectivity index (χ2n) is 3.27. The van der Waals surface area contributed by atoms with Crippen LogP contribution in [0.3, 0.4) is 0 Å². The van der Waals surface area contributed by atoms with Crippen LogP contribution in [0.4, 0.5) is 8.78 Å². The highest BCUT2D eigenvalue weighted by molar-refractivity contribution is 7.89. The van der Waals surface area contributed by atoms with Gasteiger partial charge in [0.25, 0.3) is 6.43 Å². The molecule has 2 aromatic rings. The monoisotopic (exact) mass is 281 g/mol. The van der Waals surface area contributed by atoms with E-state index in [2.05, 4.69) is 9.97 Å². The van der Waals surface area contributed by atoms with Crippen LogP contribution >= 0.6 is 11.6 Å². The van der Waals surface area contributed by atoms with Gasteiger partial charge in [0.05, 0.1) is 16.1 Å². The molecule has 0 aliphatic carbocycles. The number of primary sulfonamides is 1. The van der Waals surface area contributed by atoms with Crippen LogP contribution in [0, 0.1) is 0 Å². The lowest BCUT2D eigenvalue weighted by Gasteiger charge is -2.00. The van der Waals surface area contributed by atoms with Gasteiger partial charge in [0.1, 0.15) is 4.90 Å². The molecule has 0 bridgehead atoms. The van der Waals surface area contributed by atoms with Crippen LogP contribution in [0.2, 0.25) is 5.02 Å². The molecule has 0 radical (unpaired) electrons. The van der Waals surface area contributed by atoms with E-state index in [1.165, 1.54) is 6.07 Å². The van der Waals surface area contributed by atoms with Gasteiger partial charge in [0.15, 0.2) is 5.82 Å². The van der Waals surface area contributed by atoms with Gasteiger partial charge in [-0.1, -0.05) is 11.6 Å². The van der Waals surface area contributed by atoms with Gasteiger partial charge in [-0.05, 0) is 12.1 Å². The van der Waals surface area contributed by atoms with Gasteiger partial charge in [-0.2, -0.15) is 0 Å². The molecule has 0 saturated heterocycles. The number of fused-ring (bicyclic) bond motifs is 1. The van der Waals surface area contributed by atoms with Crippen molar-refractivity contribution in [3.05, 3.63) is 23.0 Å². The van der Waals surface area contributed by atoms with E-state index in [4.69, 9.17) is 16.7 Å². The molecule has 0 atom stereocenters. The van der Waals surface area contributed by atoms with Crippen LogP contribution in [0.25, 0.3) is 11.0 Å². The van der Waals surface area contributed by atoms with Crippen molar-refractivity contribution >= 4 is 32.7 Å². The molecule has 1 heterocycles. The second-order valence-corrected chi connectivity index (χ2v) is 5.20. The Morgan fingerprint density at radius 3 is 2.59 bits per heavy atom. The summed E-state index contributed by atoms with van der Waals surface area (Å²) < 4.78 is 47.0. The summed E-state index contributed by atoms with van der Waals surface area (Å²) in [5, 5.41) is 4.76. The van der Waals surface area contributed by atoms with E-state index in [0.717, 1.165) is 6.07 Å². The van der Waals surface area contributed by atoms with Crippen molar-refractivity contribution in [1.29, 1.82) is 0 Å². The van der Waals surface area contributed by atoms with Crippen molar-refractivity contribution < 1.29 is 17.2 Å². The average Bonchev–Trinajstić information content (AvgIpc) is 2.57. The number of alkyl halides is 2. The Balaban J connectivity index is 2.72. The fourth-order valence-electron chi connectivity index (χ4n) is 1.35. The van der Waals surface area contributed by atoms with Crippen LogP contribution in [0.1, 0.15) is 12.2 Å². The molecule has 0 aliphatic heterocycles. The summed E-state index contributed by atoms with van der Waals surface area (Å²) in [5.41, 5.74) is 0.284. The number of aromatic nitrogens is 2. The van der Waals surface area contributed by atoms with E-state index >= 15 is 0 Å². The molecular formula is C8H6ClF2N3O2S. The summed E-state index contributed by atoms with van der Waals surface area (Å²) in [6.07, 6.45) is -2.78. The van der Waals surface area contributed by atoms with E-state index < -0.39 is 22.3 Å². The molecule has 0 unspecified atom stereocenters. The summed E-state index contributed by atoms with van der Waals surface area (Å²) in [4.78, 5) is 5.53. The normalized spacial score (nSPS) is 12.5. The molecule has 0 aliphatic rings. The number of H-pyrrole nitrogens is 1. The predicted octanol–water partition coefficient (Wildman–Crippen LogP) is 1.80. The first-order valence-corrected chi connectivity index (χ1v) is 6.21. The standard InChI is InChI=1S/C8H6ClF2N3O2S/c9-3-1-4-5(2-6(3)17(12,15)16)14-8(13-4)7(10)11/h1-2,7H,(H,13,14)(H2,12,15,16). The molecule has 0 amide bonds. The van der Waals surface area contributed by atoms with E-state index in [-0.39, 0.29) is 21.0 Å². The summed E-state index contributed by atoms with van der Waals surface area (Å²) in [5.74, 6) is -0.553. The van der Waals surface area contributed by atoms with Crippen LogP contribution in [0.15, 0.2) is 17.0 Å². The Kier molecular flexibility index (Phi) is 2.80. The fraction of sp³-hybridized carbons (Fsp3) is 0.125. The Bertz CT molecular complexity index is 683. The molecule has 1 aromatic carbocycles. The molecule has 0 spiro atoms. The van der Waals surface area contributed by atoms with Crippen molar-refractivity contribution in [3.8, 4) is 0 Å². The zero-order valence-electron chi connectivity index (χ0n) is 8.12. The summed E-state index contributed by atoms with van der Waals surface area (Å²) in [6.45, 7) is 0. The Morgan fingerprint density at radius 1 is 1.41 bits per heavy atom. The average molecular weight is 282 g/mol. The number of hydrogen-bond donors (Lipinski definition) is 2. The Morgan fingerprint density at radius 2 is 2.06 bits per heavy atom. The lowest BCUT2D eigenvalue weighted by molar-refractivity contribution is 0.142. The maximum atomic E-state index is 12.4. The minimum Gasteiger partial charge on any atom is -0.337 e. The molecule has 0 fully saturated rings. The first kappa shape index (κ1) is 12.2. The maximum absolute atomic E-state index is 12.4. The quantitative estimate of drug-likeness (QED) is 0.879. The molecule has 5 nitrogen and oxygen atoms in total. The number of benzene rings is 1. The van der Waals surface area contributed by atoms with Crippen LogP contribution in [0.5, 0.6) is 0 Å². The minimum atomic E-state index is -4.00. The molecule has 92 valence electrons. The Hall–Kier alpha value is -1.25. The first-order valence-electron chi connectivity index (χ1n) is 4.29. The number of hydrogen-bond acceptors (Lipinski definition) is 3. The van der Waals surface area contributed by atoms with Crippen molar-refractivity contribution in [1.82, 2.24) is 9.97 Å². The van der Waals surface area contributed by atoms with E-state index in [1.54, 1.807) is 0 Å². The number of nitrogens with two attached hydrogens (primary N) is 1. The zero-order valence-corrected chi connectivity index (χ0v) is 9.69. The maximum Gasteiger partial charge on any atom is 0.295 e. The summed E-state index contributed by atoms with van der Waals surface area (Å²) in [6, 6.07) is 2.24. The van der Waals surface area contributed by atoms with Gasteiger partial charge in [-0.15, -0.1) is 0 Å². The molecule has 3 N–H and O–H groups in total. The van der Waals surface area contributed by atoms with E-state index in [1.807, 2.05) is 0 Å². The smallest absolute Gasteiger partial charge is 0.295 e. The summed E-state index contributed by atoms with van der Waals surface area (Å²) >= 11 is 5.68. The zero-order chi connectivity index (χ0) is 12.8. The van der Waals surface area contributed by atoms with E-state index in [9.17, 15) is 17.2 Å². The van der Waals surface area contributed by atoms with Crippen molar-refractivity contribution in [2.75, 3.05) is 0 Å². The van der Waals surface area contributed by atoms with E-state index in [0.29, 0.717) is 0 Å². The van der Waals surface area contributed by atoms with Gasteiger partial charge in [-0.3, -0.25) is 0 Å². The van der Waals surface area contributed by atoms with Gasteiger partial charge >= 0.3 is 0 Å². The molecule has 17 heavy (non-hydrogen) atoms. The van der Waals surface area contributed by atoms with Crippen molar-refractivity contribution in [2.24, 2.45) is 5.14 Å². The van der Waals surface area contributed by atoms with Crippen LogP contribution in [-0.2, 0) is 10.0 Å².